The summed E-state index contributed by atoms with van der Waals surface area (Å²) in [5, 5.41) is 5.59. The van der Waals surface area contributed by atoms with Crippen molar-refractivity contribution in [3.63, 3.8) is 0 Å². The first-order valence-electron chi connectivity index (χ1n) is 20.6. The van der Waals surface area contributed by atoms with E-state index < -0.39 is 40.3 Å². The molecule has 1 aliphatic carbocycles. The number of hydrogen-bond donors (Lipinski definition) is 2. The van der Waals surface area contributed by atoms with E-state index >= 15 is 8.78 Å². The summed E-state index contributed by atoms with van der Waals surface area (Å²) in [4.78, 5) is 70.9. The third kappa shape index (κ3) is 9.34. The average Bonchev–Trinajstić information content (AvgIpc) is 3.30. The Bertz CT molecular complexity index is 2740. The van der Waals surface area contributed by atoms with Crippen LogP contribution in [0.25, 0.3) is 33.9 Å². The van der Waals surface area contributed by atoms with Crippen molar-refractivity contribution in [1.82, 2.24) is 34.4 Å². The predicted octanol–water partition coefficient (Wildman–Crippen LogP) is 6.41. The van der Waals surface area contributed by atoms with Crippen LogP contribution in [0.15, 0.2) is 101 Å². The summed E-state index contributed by atoms with van der Waals surface area (Å²) in [5.41, 5.74) is 1.13. The van der Waals surface area contributed by atoms with Gasteiger partial charge in [-0.05, 0) is 92.0 Å². The van der Waals surface area contributed by atoms with Crippen LogP contribution < -0.4 is 21.9 Å². The summed E-state index contributed by atoms with van der Waals surface area (Å²) in [6.45, 7) is 1.72. The molecule has 4 aromatic heterocycles. The van der Waals surface area contributed by atoms with Crippen molar-refractivity contribution in [1.29, 1.82) is 0 Å². The van der Waals surface area contributed by atoms with E-state index in [-0.39, 0.29) is 40.8 Å². The molecule has 14 nitrogen and oxygen atoms in total. The Hall–Kier alpha value is -6.94. The Morgan fingerprint density at radius 2 is 1.63 bits per heavy atom. The van der Waals surface area contributed by atoms with Crippen LogP contribution in [0, 0.1) is 11.6 Å². The van der Waals surface area contributed by atoms with E-state index in [1.54, 1.807) is 0 Å². The zero-order valence-corrected chi connectivity index (χ0v) is 34.0. The van der Waals surface area contributed by atoms with Crippen LogP contribution in [0.2, 0.25) is 0 Å². The minimum atomic E-state index is -1.08. The van der Waals surface area contributed by atoms with E-state index in [9.17, 15) is 19.2 Å². The van der Waals surface area contributed by atoms with E-state index in [0.717, 1.165) is 84.5 Å². The number of hydrogen-bond acceptors (Lipinski definition) is 11. The highest BCUT2D eigenvalue weighted by Gasteiger charge is 2.25. The number of esters is 1. The number of anilines is 1. The van der Waals surface area contributed by atoms with Crippen molar-refractivity contribution in [2.24, 2.45) is 7.05 Å². The molecule has 62 heavy (non-hydrogen) atoms. The standard InChI is InChI=1S/C46H44F2N8O6/c1-55-40-27-49-17-14-34(40)44(58)56(46(55)60)41-12-9-29(24-51-41)21-39(45(59)62-33-5-3-2-4-6-33)54-43(57)35-22-37(48)38(23-36(35)47)50-18-13-28-7-10-30(11-8-28)32-25-52-42(53-26-32)31-15-19-61-20-16-31/h7-12,14,17,21-27,31,33,50H,2-6,13,15-16,18-20H2,1H3,(H,54,57)/b39-21+. The number of halogens is 2. The van der Waals surface area contributed by atoms with Crippen molar-refractivity contribution >= 4 is 34.5 Å². The molecule has 2 aliphatic rings. The van der Waals surface area contributed by atoms with Crippen molar-refractivity contribution in [3.05, 3.63) is 146 Å². The lowest BCUT2D eigenvalue weighted by molar-refractivity contribution is -0.146. The molecule has 318 valence electrons. The van der Waals surface area contributed by atoms with Gasteiger partial charge in [0.2, 0.25) is 0 Å². The summed E-state index contributed by atoms with van der Waals surface area (Å²) in [5.74, 6) is -2.66. The maximum Gasteiger partial charge on any atom is 0.355 e. The molecule has 1 aliphatic heterocycles. The van der Waals surface area contributed by atoms with Crippen LogP contribution >= 0.6 is 0 Å². The number of ether oxygens (including phenoxy) is 2. The molecule has 2 N–H and O–H groups in total. The largest absolute Gasteiger partial charge is 0.458 e. The fraction of sp³-hybridized carbons (Fsp3) is 0.304. The molecule has 1 saturated carbocycles. The molecule has 16 heteroatoms. The van der Waals surface area contributed by atoms with Gasteiger partial charge in [0.15, 0.2) is 0 Å². The van der Waals surface area contributed by atoms with Gasteiger partial charge < -0.3 is 20.1 Å². The van der Waals surface area contributed by atoms with Crippen LogP contribution in [0.3, 0.4) is 0 Å². The van der Waals surface area contributed by atoms with Crippen LogP contribution in [0.4, 0.5) is 14.5 Å². The van der Waals surface area contributed by atoms with Gasteiger partial charge in [-0.25, -0.2) is 37.9 Å². The number of rotatable bonds is 12. The first kappa shape index (κ1) is 41.8. The van der Waals surface area contributed by atoms with Crippen molar-refractivity contribution in [2.45, 2.75) is 63.4 Å². The van der Waals surface area contributed by atoms with Gasteiger partial charge in [0.25, 0.3) is 11.5 Å². The molecule has 0 unspecified atom stereocenters. The normalized spacial score (nSPS) is 15.0. The molecule has 1 amide bonds. The van der Waals surface area contributed by atoms with Crippen molar-refractivity contribution < 1.29 is 27.8 Å². The second-order valence-electron chi connectivity index (χ2n) is 15.4. The maximum absolute atomic E-state index is 15.5. The second-order valence-corrected chi connectivity index (χ2v) is 15.4. The molecule has 0 atom stereocenters. The van der Waals surface area contributed by atoms with E-state index in [2.05, 4.69) is 30.6 Å². The highest BCUT2D eigenvalue weighted by molar-refractivity contribution is 6.03. The van der Waals surface area contributed by atoms with E-state index in [1.807, 2.05) is 36.7 Å². The quantitative estimate of drug-likeness (QED) is 0.103. The summed E-state index contributed by atoms with van der Waals surface area (Å²) in [6, 6.07) is 13.9. The van der Waals surface area contributed by atoms with Crippen molar-refractivity contribution in [3.8, 4) is 16.9 Å². The number of aromatic nitrogens is 6. The lowest BCUT2D eigenvalue weighted by Crippen LogP contribution is -2.38. The lowest BCUT2D eigenvalue weighted by atomic mass is 9.98. The molecule has 5 heterocycles. The molecule has 0 bridgehead atoms. The fourth-order valence-corrected chi connectivity index (χ4v) is 7.73. The Kier molecular flexibility index (Phi) is 12.6. The van der Waals surface area contributed by atoms with Crippen LogP contribution in [0.5, 0.6) is 0 Å². The van der Waals surface area contributed by atoms with E-state index in [1.165, 1.54) is 54.5 Å². The Morgan fingerprint density at radius 1 is 0.871 bits per heavy atom. The summed E-state index contributed by atoms with van der Waals surface area (Å²) in [6.07, 6.45) is 15.1. The van der Waals surface area contributed by atoms with Gasteiger partial charge in [0.1, 0.15) is 35.1 Å². The number of pyridine rings is 2. The average molecular weight is 843 g/mol. The third-order valence-electron chi connectivity index (χ3n) is 11.3. The monoisotopic (exact) mass is 842 g/mol. The molecular weight excluding hydrogens is 799 g/mol. The zero-order valence-electron chi connectivity index (χ0n) is 34.0. The number of benzene rings is 2. The molecule has 2 aromatic carbocycles. The highest BCUT2D eigenvalue weighted by Crippen LogP contribution is 2.27. The van der Waals surface area contributed by atoms with Gasteiger partial charge in [-0.3, -0.25) is 19.1 Å². The first-order valence-corrected chi connectivity index (χ1v) is 20.6. The van der Waals surface area contributed by atoms with Gasteiger partial charge in [-0.15, -0.1) is 0 Å². The second kappa shape index (κ2) is 18.8. The molecule has 0 spiro atoms. The number of carbonyl (C=O) groups is 2. The Labute approximate surface area is 354 Å². The topological polar surface area (TPSA) is 172 Å². The SMILES string of the molecule is Cn1c(=O)n(-c2ccc(/C=C(/NC(=O)c3cc(F)c(NCCc4ccc(-c5cnc(C6CCOCC6)nc5)cc4)cc3F)C(=O)OC3CCCCC3)cn2)c(=O)c2ccncc21. The van der Waals surface area contributed by atoms with Crippen LogP contribution in [-0.4, -0.2) is 66.8 Å². The number of nitrogens with one attached hydrogen (secondary N) is 2. The van der Waals surface area contributed by atoms with Gasteiger partial charge in [-0.2, -0.15) is 0 Å². The van der Waals surface area contributed by atoms with E-state index in [4.69, 9.17) is 9.47 Å². The van der Waals surface area contributed by atoms with Gasteiger partial charge in [0.05, 0.1) is 28.4 Å². The van der Waals surface area contributed by atoms with E-state index in [0.29, 0.717) is 30.7 Å². The molecule has 1 saturated heterocycles. The number of aryl methyl sites for hydroxylation is 1. The van der Waals surface area contributed by atoms with Gasteiger partial charge in [0, 0.05) is 69.1 Å². The molecule has 8 rings (SSSR count). The minimum Gasteiger partial charge on any atom is -0.458 e. The first-order chi connectivity index (χ1) is 30.1. The lowest BCUT2D eigenvalue weighted by Gasteiger charge is -2.22. The smallest absolute Gasteiger partial charge is 0.355 e. The van der Waals surface area contributed by atoms with Crippen molar-refractivity contribution in [2.75, 3.05) is 25.1 Å². The Morgan fingerprint density at radius 3 is 2.35 bits per heavy atom. The number of nitrogens with zero attached hydrogens (tertiary/aromatic N) is 6. The van der Waals surface area contributed by atoms with Gasteiger partial charge >= 0.3 is 11.7 Å². The molecule has 6 aromatic rings. The zero-order chi connectivity index (χ0) is 43.2. The summed E-state index contributed by atoms with van der Waals surface area (Å²) < 4.78 is 44.3. The van der Waals surface area contributed by atoms with Gasteiger partial charge in [-0.1, -0.05) is 30.7 Å². The molecule has 0 radical (unpaired) electrons. The fourth-order valence-electron chi connectivity index (χ4n) is 7.73. The van der Waals surface area contributed by atoms with Crippen LogP contribution in [-0.2, 0) is 27.7 Å². The minimum absolute atomic E-state index is 0.0178. The highest BCUT2D eigenvalue weighted by atomic mass is 19.1. The number of amides is 1. The summed E-state index contributed by atoms with van der Waals surface area (Å²) >= 11 is 0. The summed E-state index contributed by atoms with van der Waals surface area (Å²) in [7, 11) is 1.51. The Balaban J connectivity index is 0.943. The third-order valence-corrected chi connectivity index (χ3v) is 11.3. The molecular formula is C46H44F2N8O6. The number of fused-ring (bicyclic) bond motifs is 1. The number of carbonyl (C=O) groups excluding carboxylic acids is 2. The molecule has 2 fully saturated rings. The van der Waals surface area contributed by atoms with Crippen LogP contribution in [0.1, 0.15) is 78.2 Å². The maximum atomic E-state index is 15.5. The predicted molar refractivity (Wildman–Crippen MR) is 228 cm³/mol.